The van der Waals surface area contributed by atoms with Crippen molar-refractivity contribution in [2.24, 2.45) is 0 Å². The molecule has 0 fully saturated rings. The fraction of sp³-hybridized carbons (Fsp3) is 0.100. The van der Waals surface area contributed by atoms with Gasteiger partial charge in [0.25, 0.3) is 5.91 Å². The van der Waals surface area contributed by atoms with Crippen molar-refractivity contribution in [3.05, 3.63) is 82.6 Å². The van der Waals surface area contributed by atoms with Crippen LogP contribution in [0.1, 0.15) is 21.5 Å². The van der Waals surface area contributed by atoms with Crippen LogP contribution in [0.25, 0.3) is 0 Å². The average molecular weight is 352 g/mol. The number of nitrogens with one attached hydrogen (secondary N) is 2. The van der Waals surface area contributed by atoms with Gasteiger partial charge in [-0.3, -0.25) is 9.78 Å². The van der Waals surface area contributed by atoms with Gasteiger partial charge in [0.1, 0.15) is 0 Å². The summed E-state index contributed by atoms with van der Waals surface area (Å²) in [7, 11) is 0. The van der Waals surface area contributed by atoms with Gasteiger partial charge in [-0.25, -0.2) is 0 Å². The Morgan fingerprint density at radius 3 is 2.60 bits per heavy atom. The van der Waals surface area contributed by atoms with Gasteiger partial charge in [0, 0.05) is 11.9 Å². The number of pyridine rings is 1. The Bertz CT molecular complexity index is 924. The van der Waals surface area contributed by atoms with Crippen LogP contribution in [0.3, 0.4) is 0 Å². The van der Waals surface area contributed by atoms with Crippen LogP contribution in [-0.4, -0.2) is 10.9 Å². The SMILES string of the molecule is Cc1ccc(C)c(Nc2cncc(C(=O)Nc3ccccc3Cl)c2)c1. The van der Waals surface area contributed by atoms with Crippen LogP contribution in [-0.2, 0) is 0 Å². The molecule has 25 heavy (non-hydrogen) atoms. The van der Waals surface area contributed by atoms with Crippen molar-refractivity contribution in [3.63, 3.8) is 0 Å². The molecule has 4 nitrogen and oxygen atoms in total. The number of aryl methyl sites for hydroxylation is 2. The topological polar surface area (TPSA) is 54.0 Å². The van der Waals surface area contributed by atoms with Crippen LogP contribution in [0, 0.1) is 13.8 Å². The molecule has 3 aromatic rings. The minimum Gasteiger partial charge on any atom is -0.354 e. The lowest BCUT2D eigenvalue weighted by atomic mass is 10.1. The van der Waals surface area contributed by atoms with E-state index in [0.29, 0.717) is 16.3 Å². The number of carbonyl (C=O) groups is 1. The number of anilines is 3. The molecule has 0 unspecified atom stereocenters. The molecule has 0 bridgehead atoms. The average Bonchev–Trinajstić information content (AvgIpc) is 2.60. The minimum absolute atomic E-state index is 0.259. The van der Waals surface area contributed by atoms with Crippen molar-refractivity contribution in [2.45, 2.75) is 13.8 Å². The molecule has 0 saturated heterocycles. The number of hydrogen-bond donors (Lipinski definition) is 2. The summed E-state index contributed by atoms with van der Waals surface area (Å²) in [6.07, 6.45) is 3.22. The Hall–Kier alpha value is -2.85. The van der Waals surface area contributed by atoms with E-state index in [9.17, 15) is 4.79 Å². The molecule has 0 atom stereocenters. The monoisotopic (exact) mass is 351 g/mol. The third kappa shape index (κ3) is 4.17. The second-order valence-corrected chi connectivity index (χ2v) is 6.25. The number of para-hydroxylation sites is 1. The van der Waals surface area contributed by atoms with Gasteiger partial charge >= 0.3 is 0 Å². The first-order chi connectivity index (χ1) is 12.0. The third-order valence-electron chi connectivity index (χ3n) is 3.79. The predicted molar refractivity (Wildman–Crippen MR) is 103 cm³/mol. The largest absolute Gasteiger partial charge is 0.354 e. The number of rotatable bonds is 4. The number of nitrogens with zero attached hydrogens (tertiary/aromatic N) is 1. The summed E-state index contributed by atoms with van der Waals surface area (Å²) in [6.45, 7) is 4.07. The Labute approximate surface area is 151 Å². The summed E-state index contributed by atoms with van der Waals surface area (Å²) in [6, 6.07) is 15.1. The van der Waals surface area contributed by atoms with E-state index in [1.54, 1.807) is 24.4 Å². The Balaban J connectivity index is 1.80. The van der Waals surface area contributed by atoms with E-state index in [4.69, 9.17) is 11.6 Å². The quantitative estimate of drug-likeness (QED) is 0.666. The van der Waals surface area contributed by atoms with Crippen LogP contribution in [0.4, 0.5) is 17.1 Å². The van der Waals surface area contributed by atoms with E-state index < -0.39 is 0 Å². The van der Waals surface area contributed by atoms with Crippen LogP contribution in [0.2, 0.25) is 5.02 Å². The van der Waals surface area contributed by atoms with Crippen LogP contribution in [0.15, 0.2) is 60.9 Å². The Morgan fingerprint density at radius 1 is 1.00 bits per heavy atom. The van der Waals surface area contributed by atoms with Crippen molar-refractivity contribution >= 4 is 34.6 Å². The van der Waals surface area contributed by atoms with E-state index in [1.165, 1.54) is 6.20 Å². The molecular weight excluding hydrogens is 334 g/mol. The Morgan fingerprint density at radius 2 is 1.80 bits per heavy atom. The summed E-state index contributed by atoms with van der Waals surface area (Å²) in [5.74, 6) is -0.259. The van der Waals surface area contributed by atoms with Gasteiger partial charge in [0.2, 0.25) is 0 Å². The third-order valence-corrected chi connectivity index (χ3v) is 4.12. The summed E-state index contributed by atoms with van der Waals surface area (Å²) in [5, 5.41) is 6.61. The van der Waals surface area contributed by atoms with Gasteiger partial charge in [-0.15, -0.1) is 0 Å². The highest BCUT2D eigenvalue weighted by Crippen LogP contribution is 2.23. The lowest BCUT2D eigenvalue weighted by Gasteiger charge is -2.12. The second-order valence-electron chi connectivity index (χ2n) is 5.84. The van der Waals surface area contributed by atoms with Crippen molar-refractivity contribution in [1.82, 2.24) is 4.98 Å². The predicted octanol–water partition coefficient (Wildman–Crippen LogP) is 5.35. The molecule has 2 aromatic carbocycles. The highest BCUT2D eigenvalue weighted by atomic mass is 35.5. The molecule has 0 radical (unpaired) electrons. The molecule has 1 aromatic heterocycles. The first-order valence-electron chi connectivity index (χ1n) is 7.88. The van der Waals surface area contributed by atoms with E-state index in [1.807, 2.05) is 26.0 Å². The van der Waals surface area contributed by atoms with Crippen LogP contribution < -0.4 is 10.6 Å². The molecule has 126 valence electrons. The van der Waals surface area contributed by atoms with Crippen molar-refractivity contribution in [3.8, 4) is 0 Å². The zero-order chi connectivity index (χ0) is 17.8. The molecule has 5 heteroatoms. The van der Waals surface area contributed by atoms with Crippen molar-refractivity contribution < 1.29 is 4.79 Å². The van der Waals surface area contributed by atoms with E-state index in [-0.39, 0.29) is 5.91 Å². The molecule has 1 heterocycles. The summed E-state index contributed by atoms with van der Waals surface area (Å²) >= 11 is 6.08. The molecule has 0 aliphatic heterocycles. The van der Waals surface area contributed by atoms with Gasteiger partial charge in [-0.1, -0.05) is 35.9 Å². The molecule has 2 N–H and O–H groups in total. The van der Waals surface area contributed by atoms with Gasteiger partial charge in [0.15, 0.2) is 0 Å². The maximum absolute atomic E-state index is 12.5. The number of hydrogen-bond acceptors (Lipinski definition) is 3. The molecule has 3 rings (SSSR count). The highest BCUT2D eigenvalue weighted by molar-refractivity contribution is 6.33. The van der Waals surface area contributed by atoms with Crippen molar-refractivity contribution in [1.29, 1.82) is 0 Å². The van der Waals surface area contributed by atoms with E-state index >= 15 is 0 Å². The zero-order valence-corrected chi connectivity index (χ0v) is 14.8. The standard InChI is InChI=1S/C20H18ClN3O/c1-13-7-8-14(2)19(9-13)23-16-10-15(11-22-12-16)20(25)24-18-6-4-3-5-17(18)21/h3-12,23H,1-2H3,(H,24,25). The maximum Gasteiger partial charge on any atom is 0.257 e. The minimum atomic E-state index is -0.259. The number of amides is 1. The molecule has 0 saturated carbocycles. The van der Waals surface area contributed by atoms with Gasteiger partial charge in [-0.05, 0) is 49.2 Å². The van der Waals surface area contributed by atoms with E-state index in [0.717, 1.165) is 22.5 Å². The van der Waals surface area contributed by atoms with Gasteiger partial charge in [0.05, 0.1) is 28.2 Å². The molecule has 0 aliphatic rings. The summed E-state index contributed by atoms with van der Waals surface area (Å²) < 4.78 is 0. The molecule has 0 aliphatic carbocycles. The smallest absolute Gasteiger partial charge is 0.257 e. The zero-order valence-electron chi connectivity index (χ0n) is 14.0. The van der Waals surface area contributed by atoms with Crippen molar-refractivity contribution in [2.75, 3.05) is 10.6 Å². The Kier molecular flexibility index (Phi) is 5.00. The van der Waals surface area contributed by atoms with Crippen LogP contribution >= 0.6 is 11.6 Å². The molecule has 1 amide bonds. The van der Waals surface area contributed by atoms with Crippen LogP contribution in [0.5, 0.6) is 0 Å². The molecule has 0 spiro atoms. The lowest BCUT2D eigenvalue weighted by molar-refractivity contribution is 0.102. The lowest BCUT2D eigenvalue weighted by Crippen LogP contribution is -2.12. The summed E-state index contributed by atoms with van der Waals surface area (Å²) in [5.41, 5.74) is 5.05. The fourth-order valence-corrected chi connectivity index (χ4v) is 2.60. The number of benzene rings is 2. The fourth-order valence-electron chi connectivity index (χ4n) is 2.42. The summed E-state index contributed by atoms with van der Waals surface area (Å²) in [4.78, 5) is 16.6. The second kappa shape index (κ2) is 7.36. The van der Waals surface area contributed by atoms with E-state index in [2.05, 4.69) is 33.8 Å². The first-order valence-corrected chi connectivity index (χ1v) is 8.26. The normalized spacial score (nSPS) is 10.4. The van der Waals surface area contributed by atoms with Gasteiger partial charge in [-0.2, -0.15) is 0 Å². The highest BCUT2D eigenvalue weighted by Gasteiger charge is 2.10. The van der Waals surface area contributed by atoms with Gasteiger partial charge < -0.3 is 10.6 Å². The number of aromatic nitrogens is 1. The first kappa shape index (κ1) is 17.0. The maximum atomic E-state index is 12.5. The number of halogens is 1. The molecular formula is C20H18ClN3O. The number of carbonyl (C=O) groups excluding carboxylic acids is 1.